The van der Waals surface area contributed by atoms with E-state index in [1.54, 1.807) is 0 Å². The molecular weight excluding hydrogens is 259 g/mol. The normalized spacial score (nSPS) is 11.2. The van der Waals surface area contributed by atoms with Crippen molar-refractivity contribution in [2.24, 2.45) is 5.41 Å². The van der Waals surface area contributed by atoms with Crippen LogP contribution in [0.1, 0.15) is 50.4 Å². The minimum Gasteiger partial charge on any atom is -0.466 e. The molecule has 0 atom stereocenters. The molecule has 0 N–H and O–H groups in total. The van der Waals surface area contributed by atoms with Gasteiger partial charge in [-0.15, -0.1) is 0 Å². The van der Waals surface area contributed by atoms with Crippen molar-refractivity contribution in [1.29, 1.82) is 0 Å². The fraction of sp³-hybridized carbons (Fsp3) is 0.500. The smallest absolute Gasteiger partial charge is 0.306 e. The molecule has 0 unspecified atom stereocenters. The Labute approximate surface area is 119 Å². The second-order valence-corrected chi connectivity index (χ2v) is 5.96. The predicted molar refractivity (Wildman–Crippen MR) is 75.0 cm³/mol. The lowest BCUT2D eigenvalue weighted by molar-refractivity contribution is -0.144. The third-order valence-electron chi connectivity index (χ3n) is 2.84. The van der Waals surface area contributed by atoms with Crippen molar-refractivity contribution >= 4 is 11.8 Å². The van der Waals surface area contributed by atoms with Crippen molar-refractivity contribution in [3.8, 4) is 0 Å². The summed E-state index contributed by atoms with van der Waals surface area (Å²) < 4.78 is 17.8. The van der Waals surface area contributed by atoms with E-state index in [2.05, 4.69) is 20.8 Å². The predicted octanol–water partition coefficient (Wildman–Crippen LogP) is 3.77. The monoisotopic (exact) mass is 280 g/mol. The molecule has 0 saturated heterocycles. The quantitative estimate of drug-likeness (QED) is 0.588. The van der Waals surface area contributed by atoms with E-state index >= 15 is 0 Å². The Hall–Kier alpha value is -1.71. The molecule has 0 saturated carbocycles. The van der Waals surface area contributed by atoms with Crippen molar-refractivity contribution in [2.75, 3.05) is 6.61 Å². The zero-order valence-electron chi connectivity index (χ0n) is 12.2. The van der Waals surface area contributed by atoms with Crippen LogP contribution in [-0.2, 0) is 9.53 Å². The topological polar surface area (TPSA) is 43.4 Å². The van der Waals surface area contributed by atoms with E-state index in [0.717, 1.165) is 6.42 Å². The lowest BCUT2D eigenvalue weighted by Gasteiger charge is -2.17. The van der Waals surface area contributed by atoms with Crippen LogP contribution in [0.5, 0.6) is 0 Å². The average molecular weight is 280 g/mol. The molecule has 0 aliphatic rings. The van der Waals surface area contributed by atoms with Crippen LogP contribution >= 0.6 is 0 Å². The van der Waals surface area contributed by atoms with Gasteiger partial charge in [-0.25, -0.2) is 4.39 Å². The van der Waals surface area contributed by atoms with Gasteiger partial charge >= 0.3 is 5.97 Å². The Kier molecular flexibility index (Phi) is 5.86. The number of Topliss-reactive ketones (excluding diaryl/α,β-unsaturated/α-hetero) is 1. The van der Waals surface area contributed by atoms with Crippen molar-refractivity contribution in [1.82, 2.24) is 0 Å². The highest BCUT2D eigenvalue weighted by Gasteiger charge is 2.13. The van der Waals surface area contributed by atoms with Gasteiger partial charge in [0.05, 0.1) is 13.0 Å². The van der Waals surface area contributed by atoms with Crippen molar-refractivity contribution in [3.63, 3.8) is 0 Å². The number of ether oxygens (including phenoxy) is 1. The summed E-state index contributed by atoms with van der Waals surface area (Å²) in [5, 5.41) is 0. The van der Waals surface area contributed by atoms with Crippen LogP contribution in [0.3, 0.4) is 0 Å². The standard InChI is InChI=1S/C16H21FO3/c1-16(2,3)10-11-20-15(19)9-8-14(18)12-4-6-13(17)7-5-12/h4-7H,8-11H2,1-3H3. The van der Waals surface area contributed by atoms with Gasteiger partial charge in [-0.05, 0) is 36.1 Å². The number of ketones is 1. The summed E-state index contributed by atoms with van der Waals surface area (Å²) in [6, 6.07) is 5.30. The molecule has 1 rings (SSSR count). The molecule has 0 fully saturated rings. The van der Waals surface area contributed by atoms with E-state index in [0.29, 0.717) is 12.2 Å². The molecule has 0 aromatic heterocycles. The lowest BCUT2D eigenvalue weighted by Crippen LogP contribution is -2.14. The van der Waals surface area contributed by atoms with Crippen LogP contribution in [0, 0.1) is 11.2 Å². The van der Waals surface area contributed by atoms with E-state index in [-0.39, 0.29) is 35.8 Å². The molecule has 1 aromatic carbocycles. The Balaban J connectivity index is 2.30. The third kappa shape index (κ3) is 6.45. The number of rotatable bonds is 6. The van der Waals surface area contributed by atoms with Gasteiger partial charge in [0.15, 0.2) is 5.78 Å². The summed E-state index contributed by atoms with van der Waals surface area (Å²) in [4.78, 5) is 23.2. The van der Waals surface area contributed by atoms with E-state index in [9.17, 15) is 14.0 Å². The Bertz CT molecular complexity index is 458. The molecule has 1 aromatic rings. The summed E-state index contributed by atoms with van der Waals surface area (Å²) >= 11 is 0. The maximum absolute atomic E-state index is 12.7. The number of carbonyl (C=O) groups excluding carboxylic acids is 2. The zero-order valence-corrected chi connectivity index (χ0v) is 12.2. The number of hydrogen-bond acceptors (Lipinski definition) is 3. The number of carbonyl (C=O) groups is 2. The molecule has 0 amide bonds. The van der Waals surface area contributed by atoms with E-state index < -0.39 is 0 Å². The zero-order chi connectivity index (χ0) is 15.2. The van der Waals surface area contributed by atoms with Crippen LogP contribution < -0.4 is 0 Å². The van der Waals surface area contributed by atoms with Crippen molar-refractivity contribution in [2.45, 2.75) is 40.0 Å². The molecule has 4 heteroatoms. The second-order valence-electron chi connectivity index (χ2n) is 5.96. The van der Waals surface area contributed by atoms with E-state index in [1.165, 1.54) is 24.3 Å². The average Bonchev–Trinajstić information content (AvgIpc) is 2.35. The van der Waals surface area contributed by atoms with Crippen LogP contribution in [0.15, 0.2) is 24.3 Å². The molecule has 3 nitrogen and oxygen atoms in total. The highest BCUT2D eigenvalue weighted by Crippen LogP contribution is 2.18. The van der Waals surface area contributed by atoms with Gasteiger partial charge in [-0.1, -0.05) is 20.8 Å². The SMILES string of the molecule is CC(C)(C)CCOC(=O)CCC(=O)c1ccc(F)cc1. The largest absolute Gasteiger partial charge is 0.466 e. The van der Waals surface area contributed by atoms with Crippen molar-refractivity contribution in [3.05, 3.63) is 35.6 Å². The minimum absolute atomic E-state index is 0.0559. The van der Waals surface area contributed by atoms with E-state index in [1.807, 2.05) is 0 Å². The highest BCUT2D eigenvalue weighted by atomic mass is 19.1. The van der Waals surface area contributed by atoms with Gasteiger partial charge in [0.2, 0.25) is 0 Å². The van der Waals surface area contributed by atoms with Crippen LogP contribution in [0.2, 0.25) is 0 Å². The first kappa shape index (κ1) is 16.3. The van der Waals surface area contributed by atoms with Gasteiger partial charge in [0, 0.05) is 12.0 Å². The lowest BCUT2D eigenvalue weighted by atomic mass is 9.93. The summed E-state index contributed by atoms with van der Waals surface area (Å²) in [5.41, 5.74) is 0.526. The number of esters is 1. The molecule has 0 spiro atoms. The summed E-state index contributed by atoms with van der Waals surface area (Å²) in [7, 11) is 0. The first-order chi connectivity index (χ1) is 9.28. The molecule has 110 valence electrons. The number of halogens is 1. The summed E-state index contributed by atoms with van der Waals surface area (Å²) in [5.74, 6) is -0.939. The number of hydrogen-bond donors (Lipinski definition) is 0. The molecule has 0 heterocycles. The molecule has 0 aliphatic carbocycles. The van der Waals surface area contributed by atoms with Gasteiger partial charge in [-0.3, -0.25) is 9.59 Å². The summed E-state index contributed by atoms with van der Waals surface area (Å²) in [6.07, 6.45) is 0.922. The maximum Gasteiger partial charge on any atom is 0.306 e. The molecular formula is C16H21FO3. The van der Waals surface area contributed by atoms with Gasteiger partial charge in [0.1, 0.15) is 5.82 Å². The van der Waals surface area contributed by atoms with Gasteiger partial charge in [0.25, 0.3) is 0 Å². The molecule has 0 aliphatic heterocycles. The highest BCUT2D eigenvalue weighted by molar-refractivity contribution is 5.97. The third-order valence-corrected chi connectivity index (χ3v) is 2.84. The first-order valence-corrected chi connectivity index (χ1v) is 6.72. The van der Waals surface area contributed by atoms with Crippen LogP contribution in [0.4, 0.5) is 4.39 Å². The fourth-order valence-electron chi connectivity index (χ4n) is 1.54. The first-order valence-electron chi connectivity index (χ1n) is 6.72. The minimum atomic E-state index is -0.386. The summed E-state index contributed by atoms with van der Waals surface area (Å²) in [6.45, 7) is 6.57. The number of benzene rings is 1. The van der Waals surface area contributed by atoms with Gasteiger partial charge < -0.3 is 4.74 Å². The van der Waals surface area contributed by atoms with E-state index in [4.69, 9.17) is 4.74 Å². The van der Waals surface area contributed by atoms with Crippen LogP contribution in [-0.4, -0.2) is 18.4 Å². The molecule has 0 bridgehead atoms. The van der Waals surface area contributed by atoms with Crippen molar-refractivity contribution < 1.29 is 18.7 Å². The Morgan fingerprint density at radius 2 is 1.70 bits per heavy atom. The van der Waals surface area contributed by atoms with Gasteiger partial charge in [-0.2, -0.15) is 0 Å². The molecule has 0 radical (unpaired) electrons. The molecule has 20 heavy (non-hydrogen) atoms. The Morgan fingerprint density at radius 3 is 2.25 bits per heavy atom. The van der Waals surface area contributed by atoms with Crippen LogP contribution in [0.25, 0.3) is 0 Å². The Morgan fingerprint density at radius 1 is 1.10 bits per heavy atom. The maximum atomic E-state index is 12.7. The fourth-order valence-corrected chi connectivity index (χ4v) is 1.54. The second kappa shape index (κ2) is 7.17.